The molecule has 0 saturated carbocycles. The molecular formula is C26H17ClN4O5S2. The average molecular weight is 565 g/mol. The number of aromatic nitrogens is 2. The summed E-state index contributed by atoms with van der Waals surface area (Å²) < 4.78 is 0.530. The van der Waals surface area contributed by atoms with E-state index in [0.717, 1.165) is 21.8 Å². The second-order valence-corrected chi connectivity index (χ2v) is 10.7. The van der Waals surface area contributed by atoms with Crippen LogP contribution in [0.1, 0.15) is 22.7 Å². The second-order valence-electron chi connectivity index (χ2n) is 8.12. The van der Waals surface area contributed by atoms with Crippen molar-refractivity contribution in [3.63, 3.8) is 0 Å². The van der Waals surface area contributed by atoms with Crippen molar-refractivity contribution in [2.24, 2.45) is 0 Å². The van der Waals surface area contributed by atoms with Crippen LogP contribution in [0, 0.1) is 10.1 Å². The van der Waals surface area contributed by atoms with Crippen molar-refractivity contribution in [3.8, 4) is 0 Å². The number of hydrogen-bond donors (Lipinski definition) is 1. The monoisotopic (exact) mass is 564 g/mol. The zero-order chi connectivity index (χ0) is 26.8. The summed E-state index contributed by atoms with van der Waals surface area (Å²) in [6.07, 6.45) is 0. The molecule has 12 heteroatoms. The lowest BCUT2D eigenvalue weighted by Crippen LogP contribution is -2.29. The molecule has 190 valence electrons. The number of halogens is 1. The van der Waals surface area contributed by atoms with Gasteiger partial charge in [0.05, 0.1) is 16.5 Å². The molecule has 1 saturated heterocycles. The fourth-order valence-corrected chi connectivity index (χ4v) is 6.17. The molecule has 1 aliphatic heterocycles. The molecule has 1 atom stereocenters. The standard InChI is InChI=1S/C26H17ClN4O5S2/c27-19-12-5-4-9-17(19)14-37-26-29-28-25(38-26)30-21(16-10-6-11-18(13-16)31(35)36)20(23(33)24(30)34)22(32)15-7-2-1-3-8-15/h1-13,21,32H,14H2/b22-20-. The molecule has 1 N–H and O–H groups in total. The molecule has 1 fully saturated rings. The van der Waals surface area contributed by atoms with Crippen LogP contribution in [0.2, 0.25) is 5.02 Å². The van der Waals surface area contributed by atoms with E-state index in [9.17, 15) is 24.8 Å². The summed E-state index contributed by atoms with van der Waals surface area (Å²) in [5.41, 5.74) is 1.09. The molecule has 3 aromatic carbocycles. The van der Waals surface area contributed by atoms with Gasteiger partial charge in [-0.3, -0.25) is 24.6 Å². The van der Waals surface area contributed by atoms with Gasteiger partial charge in [0.1, 0.15) is 5.76 Å². The summed E-state index contributed by atoms with van der Waals surface area (Å²) in [6.45, 7) is 0. The van der Waals surface area contributed by atoms with Crippen LogP contribution in [0.5, 0.6) is 0 Å². The van der Waals surface area contributed by atoms with Gasteiger partial charge in [-0.25, -0.2) is 0 Å². The normalized spacial score (nSPS) is 16.7. The first kappa shape index (κ1) is 25.6. The number of ketones is 1. The van der Waals surface area contributed by atoms with Crippen molar-refractivity contribution < 1.29 is 19.6 Å². The summed E-state index contributed by atoms with van der Waals surface area (Å²) in [5, 5.41) is 31.6. The number of benzene rings is 3. The number of hydrogen-bond acceptors (Lipinski definition) is 9. The summed E-state index contributed by atoms with van der Waals surface area (Å²) in [4.78, 5) is 38.6. The lowest BCUT2D eigenvalue weighted by molar-refractivity contribution is -0.384. The third kappa shape index (κ3) is 4.91. The summed E-state index contributed by atoms with van der Waals surface area (Å²) in [7, 11) is 0. The third-order valence-corrected chi connectivity index (χ3v) is 8.27. The van der Waals surface area contributed by atoms with Crippen molar-refractivity contribution in [1.82, 2.24) is 10.2 Å². The molecule has 1 amide bonds. The van der Waals surface area contributed by atoms with Crippen LogP contribution in [0.4, 0.5) is 10.8 Å². The van der Waals surface area contributed by atoms with Gasteiger partial charge in [0.15, 0.2) is 4.34 Å². The third-order valence-electron chi connectivity index (χ3n) is 5.80. The van der Waals surface area contributed by atoms with E-state index >= 15 is 0 Å². The van der Waals surface area contributed by atoms with Crippen molar-refractivity contribution in [2.45, 2.75) is 16.1 Å². The predicted molar refractivity (Wildman–Crippen MR) is 145 cm³/mol. The molecule has 1 aromatic heterocycles. The van der Waals surface area contributed by atoms with Gasteiger partial charge in [-0.15, -0.1) is 10.2 Å². The van der Waals surface area contributed by atoms with E-state index in [0.29, 0.717) is 20.7 Å². The number of rotatable bonds is 7. The molecule has 4 aromatic rings. The van der Waals surface area contributed by atoms with Crippen molar-refractivity contribution in [2.75, 3.05) is 4.90 Å². The SMILES string of the molecule is O=C1C(=O)N(c2nnc(SCc3ccccc3Cl)s2)C(c2cccc([N+](=O)[O-])c2)/C1=C(/O)c1ccccc1. The molecule has 38 heavy (non-hydrogen) atoms. The Kier molecular flexibility index (Phi) is 7.23. The van der Waals surface area contributed by atoms with Gasteiger partial charge in [0.2, 0.25) is 5.13 Å². The van der Waals surface area contributed by atoms with E-state index in [4.69, 9.17) is 11.6 Å². The second kappa shape index (κ2) is 10.7. The maximum absolute atomic E-state index is 13.3. The number of amides is 1. The summed E-state index contributed by atoms with van der Waals surface area (Å²) in [5.74, 6) is -1.72. The van der Waals surface area contributed by atoms with Gasteiger partial charge in [-0.1, -0.05) is 95.4 Å². The topological polar surface area (TPSA) is 127 Å². The highest BCUT2D eigenvalue weighted by Crippen LogP contribution is 2.44. The lowest BCUT2D eigenvalue weighted by Gasteiger charge is -2.22. The average Bonchev–Trinajstić information content (AvgIpc) is 3.50. The van der Waals surface area contributed by atoms with Gasteiger partial charge in [-0.2, -0.15) is 0 Å². The van der Waals surface area contributed by atoms with Gasteiger partial charge < -0.3 is 5.11 Å². The Morgan fingerprint density at radius 1 is 1.05 bits per heavy atom. The molecule has 9 nitrogen and oxygen atoms in total. The number of carbonyl (C=O) groups is 2. The molecular weight excluding hydrogens is 548 g/mol. The molecule has 1 aliphatic rings. The highest BCUT2D eigenvalue weighted by atomic mass is 35.5. The van der Waals surface area contributed by atoms with E-state index in [1.807, 2.05) is 18.2 Å². The number of aliphatic hydroxyl groups excluding tert-OH is 1. The first-order valence-electron chi connectivity index (χ1n) is 11.2. The van der Waals surface area contributed by atoms with E-state index in [1.54, 1.807) is 42.5 Å². The first-order valence-corrected chi connectivity index (χ1v) is 13.3. The smallest absolute Gasteiger partial charge is 0.301 e. The molecule has 1 unspecified atom stereocenters. The minimum atomic E-state index is -1.15. The van der Waals surface area contributed by atoms with E-state index in [2.05, 4.69) is 10.2 Å². The Balaban J connectivity index is 1.57. The first-order chi connectivity index (χ1) is 18.3. The van der Waals surface area contributed by atoms with Crippen molar-refractivity contribution in [3.05, 3.63) is 116 Å². The number of aliphatic hydroxyl groups is 1. The van der Waals surface area contributed by atoms with Crippen LogP contribution in [0.15, 0.2) is 88.8 Å². The maximum Gasteiger partial charge on any atom is 0.301 e. The predicted octanol–water partition coefficient (Wildman–Crippen LogP) is 6.02. The maximum atomic E-state index is 13.3. The molecule has 0 bridgehead atoms. The number of nitro benzene ring substituents is 1. The fourth-order valence-electron chi connectivity index (χ4n) is 4.02. The van der Waals surface area contributed by atoms with Crippen LogP contribution in [-0.4, -0.2) is 31.9 Å². The molecule has 0 radical (unpaired) electrons. The van der Waals surface area contributed by atoms with Gasteiger partial charge >= 0.3 is 5.91 Å². The van der Waals surface area contributed by atoms with Crippen LogP contribution in [0.25, 0.3) is 5.76 Å². The fraction of sp³-hybridized carbons (Fsp3) is 0.0769. The van der Waals surface area contributed by atoms with E-state index < -0.39 is 22.7 Å². The van der Waals surface area contributed by atoms with Crippen LogP contribution < -0.4 is 4.90 Å². The largest absolute Gasteiger partial charge is 0.507 e. The number of anilines is 1. The van der Waals surface area contributed by atoms with Gasteiger partial charge in [0, 0.05) is 28.5 Å². The van der Waals surface area contributed by atoms with Crippen molar-refractivity contribution in [1.29, 1.82) is 0 Å². The van der Waals surface area contributed by atoms with Crippen molar-refractivity contribution >= 4 is 63.0 Å². The number of carbonyl (C=O) groups excluding carboxylic acids is 2. The number of Topliss-reactive ketones (excluding diaryl/α,β-unsaturated/α-hetero) is 1. The zero-order valence-electron chi connectivity index (χ0n) is 19.4. The quantitative estimate of drug-likeness (QED) is 0.0549. The Morgan fingerprint density at radius 2 is 1.79 bits per heavy atom. The van der Waals surface area contributed by atoms with Crippen LogP contribution in [0.3, 0.4) is 0 Å². The highest BCUT2D eigenvalue weighted by molar-refractivity contribution is 8.00. The number of thioether (sulfide) groups is 1. The highest BCUT2D eigenvalue weighted by Gasteiger charge is 2.48. The minimum absolute atomic E-state index is 0.123. The molecule has 0 aliphatic carbocycles. The van der Waals surface area contributed by atoms with Crippen LogP contribution in [-0.2, 0) is 15.3 Å². The molecule has 0 spiro atoms. The summed E-state index contributed by atoms with van der Waals surface area (Å²) in [6, 6.07) is 20.1. The Morgan fingerprint density at radius 3 is 2.53 bits per heavy atom. The molecule has 2 heterocycles. The summed E-state index contributed by atoms with van der Waals surface area (Å²) >= 11 is 8.70. The van der Waals surface area contributed by atoms with Gasteiger partial charge in [0.25, 0.3) is 11.5 Å². The Labute approximate surface area is 229 Å². The Bertz CT molecular complexity index is 1590. The number of nitro groups is 1. The lowest BCUT2D eigenvalue weighted by atomic mass is 9.95. The zero-order valence-corrected chi connectivity index (χ0v) is 21.7. The molecule has 5 rings (SSSR count). The Hall–Kier alpha value is -4.06. The van der Waals surface area contributed by atoms with Gasteiger partial charge in [-0.05, 0) is 17.2 Å². The van der Waals surface area contributed by atoms with E-state index in [1.165, 1.54) is 30.0 Å². The van der Waals surface area contributed by atoms with E-state index in [-0.39, 0.29) is 27.7 Å². The van der Waals surface area contributed by atoms with Crippen LogP contribution >= 0.6 is 34.7 Å². The minimum Gasteiger partial charge on any atom is -0.507 e. The number of non-ortho nitro benzene ring substituents is 1. The number of nitrogens with zero attached hydrogens (tertiary/aromatic N) is 4.